The summed E-state index contributed by atoms with van der Waals surface area (Å²) in [4.78, 5) is 12.0. The van der Waals surface area contributed by atoms with Gasteiger partial charge in [0.05, 0.1) is 6.04 Å². The molecule has 98 valence electrons. The van der Waals surface area contributed by atoms with E-state index in [4.69, 9.17) is 0 Å². The molecular formula is C16H17NO2. The van der Waals surface area contributed by atoms with Gasteiger partial charge in [-0.15, -0.1) is 0 Å². The molecule has 0 saturated carbocycles. The minimum Gasteiger partial charge on any atom is -0.378 e. The van der Waals surface area contributed by atoms with Crippen LogP contribution < -0.4 is 5.32 Å². The smallest absolute Gasteiger partial charge is 0.253 e. The van der Waals surface area contributed by atoms with Crippen molar-refractivity contribution in [2.75, 3.05) is 0 Å². The molecule has 19 heavy (non-hydrogen) atoms. The molecule has 0 aliphatic rings. The van der Waals surface area contributed by atoms with Crippen LogP contribution in [0.25, 0.3) is 0 Å². The second-order valence-electron chi connectivity index (χ2n) is 4.45. The first kappa shape index (κ1) is 13.3. The number of nitrogens with one attached hydrogen (secondary N) is 1. The van der Waals surface area contributed by atoms with Crippen LogP contribution in [-0.4, -0.2) is 11.0 Å². The molecule has 0 aliphatic heterocycles. The molecule has 0 saturated heterocycles. The van der Waals surface area contributed by atoms with Crippen molar-refractivity contribution in [1.82, 2.24) is 5.32 Å². The third kappa shape index (κ3) is 3.42. The van der Waals surface area contributed by atoms with E-state index in [9.17, 15) is 9.90 Å². The maximum absolute atomic E-state index is 12.0. The molecule has 2 aromatic rings. The fourth-order valence-electron chi connectivity index (χ4n) is 1.90. The maximum Gasteiger partial charge on any atom is 0.253 e. The lowest BCUT2D eigenvalue weighted by molar-refractivity contribution is -0.130. The summed E-state index contributed by atoms with van der Waals surface area (Å²) in [7, 11) is 0. The molecule has 2 atom stereocenters. The van der Waals surface area contributed by atoms with E-state index in [-0.39, 0.29) is 11.9 Å². The Morgan fingerprint density at radius 3 is 1.95 bits per heavy atom. The number of aliphatic hydroxyl groups is 1. The molecule has 0 heterocycles. The van der Waals surface area contributed by atoms with Gasteiger partial charge < -0.3 is 10.4 Å². The van der Waals surface area contributed by atoms with Crippen molar-refractivity contribution in [3.63, 3.8) is 0 Å². The summed E-state index contributed by atoms with van der Waals surface area (Å²) in [6, 6.07) is 18.4. The summed E-state index contributed by atoms with van der Waals surface area (Å²) < 4.78 is 0. The van der Waals surface area contributed by atoms with Crippen LogP contribution in [0.15, 0.2) is 60.7 Å². The zero-order chi connectivity index (χ0) is 13.7. The molecule has 0 aromatic heterocycles. The summed E-state index contributed by atoms with van der Waals surface area (Å²) >= 11 is 0. The number of benzene rings is 2. The first-order chi connectivity index (χ1) is 9.18. The van der Waals surface area contributed by atoms with Gasteiger partial charge in [0.1, 0.15) is 0 Å². The zero-order valence-corrected chi connectivity index (χ0v) is 10.8. The number of amides is 1. The van der Waals surface area contributed by atoms with Gasteiger partial charge in [0.15, 0.2) is 6.10 Å². The SMILES string of the molecule is CC(NC(=O)[C@@H](O)c1ccccc1)c1ccccc1. The minimum atomic E-state index is -1.13. The summed E-state index contributed by atoms with van der Waals surface area (Å²) in [6.07, 6.45) is -1.13. The Labute approximate surface area is 112 Å². The highest BCUT2D eigenvalue weighted by atomic mass is 16.3. The molecule has 0 aliphatic carbocycles. The van der Waals surface area contributed by atoms with Crippen molar-refractivity contribution < 1.29 is 9.90 Å². The van der Waals surface area contributed by atoms with Gasteiger partial charge in [-0.25, -0.2) is 0 Å². The van der Waals surface area contributed by atoms with E-state index in [0.29, 0.717) is 5.56 Å². The van der Waals surface area contributed by atoms with Gasteiger partial charge in [-0.3, -0.25) is 4.79 Å². The maximum atomic E-state index is 12.0. The van der Waals surface area contributed by atoms with Gasteiger partial charge in [0, 0.05) is 0 Å². The van der Waals surface area contributed by atoms with Crippen LogP contribution in [0.2, 0.25) is 0 Å². The van der Waals surface area contributed by atoms with E-state index in [2.05, 4.69) is 5.32 Å². The number of carbonyl (C=O) groups excluding carboxylic acids is 1. The van der Waals surface area contributed by atoms with E-state index in [0.717, 1.165) is 5.56 Å². The van der Waals surface area contributed by atoms with Crippen LogP contribution in [0.3, 0.4) is 0 Å². The summed E-state index contributed by atoms with van der Waals surface area (Å²) in [6.45, 7) is 1.89. The third-order valence-electron chi connectivity index (χ3n) is 3.02. The number of rotatable bonds is 4. The van der Waals surface area contributed by atoms with Crippen molar-refractivity contribution in [3.05, 3.63) is 71.8 Å². The van der Waals surface area contributed by atoms with Crippen LogP contribution in [0.5, 0.6) is 0 Å². The Bertz CT molecular complexity index is 525. The predicted octanol–water partition coefficient (Wildman–Crippen LogP) is 2.60. The fraction of sp³-hybridized carbons (Fsp3) is 0.188. The summed E-state index contributed by atoms with van der Waals surface area (Å²) in [5, 5.41) is 12.8. The molecule has 1 unspecified atom stereocenters. The molecule has 2 aromatic carbocycles. The molecule has 0 radical (unpaired) electrons. The second kappa shape index (κ2) is 6.16. The Hall–Kier alpha value is -2.13. The monoisotopic (exact) mass is 255 g/mol. The highest BCUT2D eigenvalue weighted by Gasteiger charge is 2.19. The van der Waals surface area contributed by atoms with Crippen molar-refractivity contribution in [2.45, 2.75) is 19.1 Å². The standard InChI is InChI=1S/C16H17NO2/c1-12(13-8-4-2-5-9-13)17-16(19)15(18)14-10-6-3-7-11-14/h2-12,15,18H,1H3,(H,17,19)/t12?,15-/m0/s1. The van der Waals surface area contributed by atoms with E-state index in [1.54, 1.807) is 24.3 Å². The van der Waals surface area contributed by atoms with Crippen LogP contribution in [0.4, 0.5) is 0 Å². The first-order valence-corrected chi connectivity index (χ1v) is 6.27. The van der Waals surface area contributed by atoms with Crippen molar-refractivity contribution in [1.29, 1.82) is 0 Å². The molecule has 2 N–H and O–H groups in total. The highest BCUT2D eigenvalue weighted by Crippen LogP contribution is 2.16. The first-order valence-electron chi connectivity index (χ1n) is 6.27. The number of hydrogen-bond donors (Lipinski definition) is 2. The van der Waals surface area contributed by atoms with Gasteiger partial charge in [0.2, 0.25) is 0 Å². The van der Waals surface area contributed by atoms with Gasteiger partial charge in [-0.1, -0.05) is 60.7 Å². The molecule has 0 spiro atoms. The quantitative estimate of drug-likeness (QED) is 0.882. The molecule has 1 amide bonds. The van der Waals surface area contributed by atoms with E-state index in [1.165, 1.54) is 0 Å². The fourth-order valence-corrected chi connectivity index (χ4v) is 1.90. The Balaban J connectivity index is 2.02. The molecule has 0 bridgehead atoms. The van der Waals surface area contributed by atoms with Crippen LogP contribution in [-0.2, 0) is 4.79 Å². The topological polar surface area (TPSA) is 49.3 Å². The normalized spacial score (nSPS) is 13.6. The minimum absolute atomic E-state index is 0.132. The summed E-state index contributed by atoms with van der Waals surface area (Å²) in [5.41, 5.74) is 1.61. The Morgan fingerprint density at radius 2 is 1.42 bits per heavy atom. The van der Waals surface area contributed by atoms with E-state index < -0.39 is 6.10 Å². The lowest BCUT2D eigenvalue weighted by Gasteiger charge is -2.17. The lowest BCUT2D eigenvalue weighted by atomic mass is 10.1. The Morgan fingerprint density at radius 1 is 0.947 bits per heavy atom. The van der Waals surface area contributed by atoms with Gasteiger partial charge in [-0.2, -0.15) is 0 Å². The second-order valence-corrected chi connectivity index (χ2v) is 4.45. The summed E-state index contributed by atoms with van der Waals surface area (Å²) in [5.74, 6) is -0.387. The number of aliphatic hydroxyl groups excluding tert-OH is 1. The van der Waals surface area contributed by atoms with Gasteiger partial charge >= 0.3 is 0 Å². The molecule has 2 rings (SSSR count). The van der Waals surface area contributed by atoms with Crippen molar-refractivity contribution in [3.8, 4) is 0 Å². The lowest BCUT2D eigenvalue weighted by Crippen LogP contribution is -2.31. The molecule has 3 heteroatoms. The van der Waals surface area contributed by atoms with Crippen molar-refractivity contribution in [2.24, 2.45) is 0 Å². The van der Waals surface area contributed by atoms with Crippen LogP contribution in [0, 0.1) is 0 Å². The van der Waals surface area contributed by atoms with Gasteiger partial charge in [-0.05, 0) is 18.1 Å². The van der Waals surface area contributed by atoms with E-state index >= 15 is 0 Å². The average molecular weight is 255 g/mol. The average Bonchev–Trinajstić information content (AvgIpc) is 2.48. The molecular weight excluding hydrogens is 238 g/mol. The van der Waals surface area contributed by atoms with Crippen LogP contribution in [0.1, 0.15) is 30.2 Å². The highest BCUT2D eigenvalue weighted by molar-refractivity contribution is 5.82. The van der Waals surface area contributed by atoms with Crippen LogP contribution >= 0.6 is 0 Å². The van der Waals surface area contributed by atoms with E-state index in [1.807, 2.05) is 43.3 Å². The largest absolute Gasteiger partial charge is 0.378 e. The molecule has 3 nitrogen and oxygen atoms in total. The number of hydrogen-bond acceptors (Lipinski definition) is 2. The third-order valence-corrected chi connectivity index (χ3v) is 3.02. The van der Waals surface area contributed by atoms with Crippen molar-refractivity contribution >= 4 is 5.91 Å². The predicted molar refractivity (Wildman–Crippen MR) is 74.4 cm³/mol. The zero-order valence-electron chi connectivity index (χ0n) is 10.8. The molecule has 0 fully saturated rings. The number of carbonyl (C=O) groups is 1. The Kier molecular flexibility index (Phi) is 4.31. The van der Waals surface area contributed by atoms with Gasteiger partial charge in [0.25, 0.3) is 5.91 Å².